The van der Waals surface area contributed by atoms with E-state index in [1.54, 1.807) is 11.0 Å². The van der Waals surface area contributed by atoms with Crippen LogP contribution < -0.4 is 10.1 Å². The third-order valence-electron chi connectivity index (χ3n) is 6.41. The van der Waals surface area contributed by atoms with E-state index >= 15 is 0 Å². The fourth-order valence-electron chi connectivity index (χ4n) is 4.72. The molecule has 2 fully saturated rings. The van der Waals surface area contributed by atoms with Crippen molar-refractivity contribution >= 4 is 11.6 Å². The van der Waals surface area contributed by atoms with E-state index in [4.69, 9.17) is 4.74 Å². The Morgan fingerprint density at radius 2 is 1.88 bits per heavy atom. The number of halogens is 6. The van der Waals surface area contributed by atoms with E-state index in [2.05, 4.69) is 28.2 Å². The Labute approximate surface area is 184 Å². The van der Waals surface area contributed by atoms with Gasteiger partial charge in [0.2, 0.25) is 5.95 Å². The lowest BCUT2D eigenvalue weighted by molar-refractivity contribution is -0.189. The number of nitrogens with zero attached hydrogens (tertiary/aromatic N) is 5. The number of anilines is 1. The molecule has 2 unspecified atom stereocenters. The summed E-state index contributed by atoms with van der Waals surface area (Å²) in [5.41, 5.74) is -2.47. The fourth-order valence-corrected chi connectivity index (χ4v) is 4.72. The zero-order valence-electron chi connectivity index (χ0n) is 17.4. The quantitative estimate of drug-likeness (QED) is 0.397. The van der Waals surface area contributed by atoms with Gasteiger partial charge in [-0.15, -0.1) is 11.7 Å². The number of ether oxygens (including phenoxy) is 1. The number of piperidine rings is 1. The first-order valence-corrected chi connectivity index (χ1v) is 10.2. The van der Waals surface area contributed by atoms with Crippen molar-refractivity contribution in [2.24, 2.45) is 11.8 Å². The molecule has 3 heterocycles. The number of alkyl halides is 6. The van der Waals surface area contributed by atoms with E-state index in [0.717, 1.165) is 25.8 Å². The van der Waals surface area contributed by atoms with Gasteiger partial charge in [-0.2, -0.15) is 36.6 Å². The van der Waals surface area contributed by atoms with Crippen LogP contribution in [0.4, 0.5) is 32.3 Å². The lowest BCUT2D eigenvalue weighted by Crippen LogP contribution is -2.56. The van der Waals surface area contributed by atoms with Crippen molar-refractivity contribution in [1.82, 2.24) is 19.5 Å². The maximum absolute atomic E-state index is 13.5. The molecule has 1 saturated carbocycles. The highest BCUT2D eigenvalue weighted by Crippen LogP contribution is 2.47. The molecule has 4 atom stereocenters. The zero-order valence-corrected chi connectivity index (χ0v) is 17.4. The second kappa shape index (κ2) is 7.71. The molecule has 13 heteroatoms. The molecule has 1 saturated heterocycles. The Bertz CT molecular complexity index is 1090. The first-order chi connectivity index (χ1) is 15.4. The number of nitriles is 1. The summed E-state index contributed by atoms with van der Waals surface area (Å²) in [7, 11) is 0. The molecule has 0 amide bonds. The second-order valence-electron chi connectivity index (χ2n) is 8.29. The van der Waals surface area contributed by atoms with Gasteiger partial charge in [0, 0.05) is 24.9 Å². The Balaban J connectivity index is 1.76. The molecule has 2 aromatic heterocycles. The van der Waals surface area contributed by atoms with Crippen LogP contribution in [0.5, 0.6) is 5.75 Å². The molecular formula is C20H20F6N6O. The molecule has 2 aromatic rings. The molecule has 2 bridgehead atoms. The maximum atomic E-state index is 13.5. The number of aromatic nitrogens is 3. The van der Waals surface area contributed by atoms with Gasteiger partial charge in [-0.1, -0.05) is 6.08 Å². The van der Waals surface area contributed by atoms with Gasteiger partial charge in [0.1, 0.15) is 5.69 Å². The van der Waals surface area contributed by atoms with Crippen molar-refractivity contribution in [2.45, 2.75) is 43.8 Å². The minimum Gasteiger partial charge on any atom is -0.477 e. The molecule has 0 aromatic carbocycles. The summed E-state index contributed by atoms with van der Waals surface area (Å²) in [6, 6.07) is 1.40. The van der Waals surface area contributed by atoms with Crippen LogP contribution in [0, 0.1) is 23.3 Å². The van der Waals surface area contributed by atoms with Gasteiger partial charge in [0.15, 0.2) is 23.7 Å². The SMILES string of the molecule is C=CC1(Nc2nc3c(OC(C)C(F)(F)F)ccc(C(F)(F)F)n3n2)[C@@H]2CC[C@H]1CN(C#N)C2. The summed E-state index contributed by atoms with van der Waals surface area (Å²) < 4.78 is 84.9. The monoisotopic (exact) mass is 474 g/mol. The van der Waals surface area contributed by atoms with E-state index in [0.29, 0.717) is 23.7 Å². The number of rotatable bonds is 5. The highest BCUT2D eigenvalue weighted by molar-refractivity contribution is 5.58. The van der Waals surface area contributed by atoms with Crippen LogP contribution in [0.15, 0.2) is 24.8 Å². The Morgan fingerprint density at radius 1 is 1.24 bits per heavy atom. The van der Waals surface area contributed by atoms with E-state index in [-0.39, 0.29) is 17.8 Å². The van der Waals surface area contributed by atoms with E-state index < -0.39 is 41.1 Å². The number of hydrogen-bond donors (Lipinski definition) is 1. The van der Waals surface area contributed by atoms with Gasteiger partial charge in [-0.3, -0.25) is 0 Å². The molecular weight excluding hydrogens is 454 g/mol. The van der Waals surface area contributed by atoms with Crippen LogP contribution >= 0.6 is 0 Å². The molecule has 2 aliphatic rings. The number of hydrogen-bond acceptors (Lipinski definition) is 6. The minimum atomic E-state index is -4.83. The Hall–Kier alpha value is -3.17. The van der Waals surface area contributed by atoms with Crippen molar-refractivity contribution in [3.63, 3.8) is 0 Å². The van der Waals surface area contributed by atoms with Crippen LogP contribution in [0.1, 0.15) is 25.5 Å². The Morgan fingerprint density at radius 3 is 2.39 bits per heavy atom. The first kappa shape index (κ1) is 23.0. The molecule has 1 aliphatic heterocycles. The first-order valence-electron chi connectivity index (χ1n) is 10.2. The van der Waals surface area contributed by atoms with Gasteiger partial charge in [0.25, 0.3) is 0 Å². The average molecular weight is 474 g/mol. The smallest absolute Gasteiger partial charge is 0.433 e. The molecule has 1 aliphatic carbocycles. The van der Waals surface area contributed by atoms with Gasteiger partial charge >= 0.3 is 12.4 Å². The molecule has 1 N–H and O–H groups in total. The summed E-state index contributed by atoms with van der Waals surface area (Å²) in [5, 5.41) is 16.3. The van der Waals surface area contributed by atoms with E-state index in [1.807, 2.05) is 0 Å². The van der Waals surface area contributed by atoms with E-state index in [9.17, 15) is 31.6 Å². The molecule has 0 radical (unpaired) electrons. The van der Waals surface area contributed by atoms with Crippen LogP contribution in [0.3, 0.4) is 0 Å². The van der Waals surface area contributed by atoms with Crippen LogP contribution in [0.2, 0.25) is 0 Å². The largest absolute Gasteiger partial charge is 0.477 e. The summed E-state index contributed by atoms with van der Waals surface area (Å²) in [4.78, 5) is 5.69. The summed E-state index contributed by atoms with van der Waals surface area (Å²) in [6.45, 7) is 5.50. The van der Waals surface area contributed by atoms with Crippen LogP contribution in [-0.2, 0) is 6.18 Å². The van der Waals surface area contributed by atoms with Crippen molar-refractivity contribution in [2.75, 3.05) is 18.4 Å². The summed E-state index contributed by atoms with van der Waals surface area (Å²) in [6.07, 6.45) is -6.51. The molecule has 178 valence electrons. The third kappa shape index (κ3) is 3.91. The van der Waals surface area contributed by atoms with Crippen molar-refractivity contribution < 1.29 is 31.1 Å². The predicted molar refractivity (Wildman–Crippen MR) is 104 cm³/mol. The third-order valence-corrected chi connectivity index (χ3v) is 6.41. The summed E-state index contributed by atoms with van der Waals surface area (Å²) in [5.74, 6) is -0.812. The zero-order chi connectivity index (χ0) is 24.2. The number of fused-ring (bicyclic) bond motifs is 3. The number of pyridine rings is 1. The lowest BCUT2D eigenvalue weighted by atomic mass is 9.77. The van der Waals surface area contributed by atoms with Crippen LogP contribution in [0.25, 0.3) is 5.65 Å². The average Bonchev–Trinajstić information content (AvgIpc) is 3.20. The number of likely N-dealkylation sites (tertiary alicyclic amines) is 1. The Kier molecular flexibility index (Phi) is 5.37. The molecule has 4 rings (SSSR count). The standard InChI is InChI=1S/C20H20F6N6O/c1-3-18(12-4-5-13(18)9-31(8-12)10-27)29-17-28-16-14(33-11(2)19(21,22)23)6-7-15(20(24,25)26)32(16)30-17/h3,6-7,11-13H,1,4-5,8-9H2,2H3,(H,29,30)/t11?,12-,13+,18?. The van der Waals surface area contributed by atoms with Crippen molar-refractivity contribution in [3.05, 3.63) is 30.5 Å². The van der Waals surface area contributed by atoms with Crippen molar-refractivity contribution in [1.29, 1.82) is 5.26 Å². The van der Waals surface area contributed by atoms with Crippen LogP contribution in [-0.4, -0.2) is 50.4 Å². The molecule has 0 spiro atoms. The second-order valence-corrected chi connectivity index (χ2v) is 8.29. The van der Waals surface area contributed by atoms with E-state index in [1.165, 1.54) is 0 Å². The lowest BCUT2D eigenvalue weighted by Gasteiger charge is -2.44. The van der Waals surface area contributed by atoms with Gasteiger partial charge in [-0.25, -0.2) is 4.52 Å². The highest BCUT2D eigenvalue weighted by atomic mass is 19.4. The van der Waals surface area contributed by atoms with Crippen molar-refractivity contribution in [3.8, 4) is 11.9 Å². The highest BCUT2D eigenvalue weighted by Gasteiger charge is 2.53. The number of nitrogens with one attached hydrogen (secondary N) is 1. The van der Waals surface area contributed by atoms with Gasteiger partial charge in [0.05, 0.1) is 5.54 Å². The maximum Gasteiger partial charge on any atom is 0.433 e. The predicted octanol–water partition coefficient (Wildman–Crippen LogP) is 4.24. The minimum absolute atomic E-state index is 0.0666. The van der Waals surface area contributed by atoms with Gasteiger partial charge in [-0.05, 0) is 31.9 Å². The topological polar surface area (TPSA) is 78.5 Å². The van der Waals surface area contributed by atoms with Gasteiger partial charge < -0.3 is 15.0 Å². The molecule has 33 heavy (non-hydrogen) atoms. The summed E-state index contributed by atoms with van der Waals surface area (Å²) >= 11 is 0. The normalized spacial score (nSPS) is 26.2. The fraction of sp³-hybridized carbons (Fsp3) is 0.550. The molecule has 7 nitrogen and oxygen atoms in total.